The molecule has 138 valence electrons. The summed E-state index contributed by atoms with van der Waals surface area (Å²) in [5.41, 5.74) is 1.18. The topological polar surface area (TPSA) is 75.7 Å². The maximum Gasteiger partial charge on any atom is 0.240 e. The molecule has 1 aliphatic heterocycles. The fraction of sp³-hybridized carbons (Fsp3) is 0.278. The number of anilines is 2. The smallest absolute Gasteiger partial charge is 0.240 e. The lowest BCUT2D eigenvalue weighted by molar-refractivity contribution is -0.113. The van der Waals surface area contributed by atoms with Gasteiger partial charge in [-0.15, -0.1) is 0 Å². The van der Waals surface area contributed by atoms with E-state index in [-0.39, 0.29) is 4.90 Å². The van der Waals surface area contributed by atoms with E-state index in [0.717, 1.165) is 0 Å². The van der Waals surface area contributed by atoms with Crippen LogP contribution in [0.5, 0.6) is 0 Å². The van der Waals surface area contributed by atoms with E-state index in [4.69, 9.17) is 16.3 Å². The van der Waals surface area contributed by atoms with Crippen LogP contribution in [0.25, 0.3) is 0 Å². The van der Waals surface area contributed by atoms with Gasteiger partial charge in [0, 0.05) is 13.1 Å². The van der Waals surface area contributed by atoms with Crippen LogP contribution in [0.1, 0.15) is 0 Å². The number of amides is 1. The Morgan fingerprint density at radius 2 is 1.77 bits per heavy atom. The highest BCUT2D eigenvalue weighted by atomic mass is 35.5. The van der Waals surface area contributed by atoms with E-state index in [1.54, 1.807) is 36.4 Å². The Morgan fingerprint density at radius 3 is 2.46 bits per heavy atom. The second-order valence-electron chi connectivity index (χ2n) is 5.86. The number of halogens is 1. The van der Waals surface area contributed by atoms with Crippen LogP contribution in [0.4, 0.5) is 11.4 Å². The van der Waals surface area contributed by atoms with Crippen molar-refractivity contribution >= 4 is 38.7 Å². The number of para-hydroxylation sites is 1. The first-order valence-electron chi connectivity index (χ1n) is 8.16. The third kappa shape index (κ3) is 4.35. The molecular weight excluding hydrogens is 376 g/mol. The molecule has 3 rings (SSSR count). The molecule has 2 aromatic carbocycles. The number of hydrogen-bond acceptors (Lipinski definition) is 5. The van der Waals surface area contributed by atoms with Gasteiger partial charge in [-0.25, -0.2) is 8.42 Å². The molecule has 0 aliphatic carbocycles. The number of ether oxygens (including phenoxy) is 1. The molecule has 2 aromatic rings. The van der Waals surface area contributed by atoms with E-state index in [9.17, 15) is 13.2 Å². The summed E-state index contributed by atoms with van der Waals surface area (Å²) in [5, 5.41) is 3.19. The second-order valence-corrected chi connectivity index (χ2v) is 8.25. The molecule has 0 bridgehead atoms. The quantitative estimate of drug-likeness (QED) is 0.843. The summed E-state index contributed by atoms with van der Waals surface area (Å²) < 4.78 is 30.1. The summed E-state index contributed by atoms with van der Waals surface area (Å²) >= 11 is 6.32. The van der Waals surface area contributed by atoms with Crippen LogP contribution >= 0.6 is 11.6 Å². The molecule has 0 spiro atoms. The Kier molecular flexibility index (Phi) is 5.80. The van der Waals surface area contributed by atoms with Crippen molar-refractivity contribution in [1.82, 2.24) is 0 Å². The Hall–Kier alpha value is -2.09. The number of carbonyl (C=O) groups is 1. The highest BCUT2D eigenvalue weighted by molar-refractivity contribution is 7.92. The normalized spacial score (nSPS) is 14.9. The Labute approximate surface area is 157 Å². The van der Waals surface area contributed by atoms with Crippen LogP contribution in [-0.4, -0.2) is 46.4 Å². The zero-order chi connectivity index (χ0) is 18.6. The Balaban J connectivity index is 1.78. The zero-order valence-electron chi connectivity index (χ0n) is 14.0. The fourth-order valence-electron chi connectivity index (χ4n) is 2.79. The number of nitrogens with zero attached hydrogens (tertiary/aromatic N) is 1. The van der Waals surface area contributed by atoms with E-state index in [1.807, 2.05) is 4.90 Å². The lowest BCUT2D eigenvalue weighted by Gasteiger charge is -2.31. The Bertz CT molecular complexity index is 881. The molecule has 26 heavy (non-hydrogen) atoms. The van der Waals surface area contributed by atoms with Gasteiger partial charge in [0.2, 0.25) is 5.91 Å². The summed E-state index contributed by atoms with van der Waals surface area (Å²) in [6.07, 6.45) is 0. The van der Waals surface area contributed by atoms with Crippen molar-refractivity contribution in [3.05, 3.63) is 53.6 Å². The van der Waals surface area contributed by atoms with E-state index in [1.165, 1.54) is 12.1 Å². The number of benzene rings is 2. The minimum atomic E-state index is -3.71. The molecule has 0 radical (unpaired) electrons. The number of morpholine rings is 1. The van der Waals surface area contributed by atoms with Gasteiger partial charge in [0.25, 0.3) is 0 Å². The van der Waals surface area contributed by atoms with Crippen molar-refractivity contribution in [2.24, 2.45) is 0 Å². The summed E-state index contributed by atoms with van der Waals surface area (Å²) in [5.74, 6) is -1.24. The van der Waals surface area contributed by atoms with Crippen LogP contribution in [0.2, 0.25) is 5.02 Å². The summed E-state index contributed by atoms with van der Waals surface area (Å²) in [6.45, 7) is 2.44. The van der Waals surface area contributed by atoms with Crippen LogP contribution < -0.4 is 10.2 Å². The molecule has 0 aromatic heterocycles. The maximum atomic E-state index is 12.4. The molecule has 1 saturated heterocycles. The molecule has 1 fully saturated rings. The Morgan fingerprint density at radius 1 is 1.08 bits per heavy atom. The maximum absolute atomic E-state index is 12.4. The van der Waals surface area contributed by atoms with E-state index < -0.39 is 21.5 Å². The minimum absolute atomic E-state index is 0.120. The van der Waals surface area contributed by atoms with Gasteiger partial charge in [0.05, 0.1) is 34.5 Å². The van der Waals surface area contributed by atoms with Gasteiger partial charge in [-0.05, 0) is 24.3 Å². The predicted octanol–water partition coefficient (Wildman–Crippen LogP) is 2.59. The second kappa shape index (κ2) is 8.07. The average molecular weight is 395 g/mol. The molecule has 0 saturated carbocycles. The van der Waals surface area contributed by atoms with Crippen LogP contribution in [0, 0.1) is 0 Å². The van der Waals surface area contributed by atoms with Crippen molar-refractivity contribution in [3.8, 4) is 0 Å². The summed E-state index contributed by atoms with van der Waals surface area (Å²) in [6, 6.07) is 13.1. The molecular formula is C18H19ClN2O4S. The molecule has 0 unspecified atom stereocenters. The SMILES string of the molecule is O=C(CS(=O)(=O)c1ccccc1)Nc1cccc(Cl)c1N1CCOCC1. The molecule has 1 amide bonds. The highest BCUT2D eigenvalue weighted by Gasteiger charge is 2.22. The van der Waals surface area contributed by atoms with Crippen LogP contribution in [0.3, 0.4) is 0 Å². The summed E-state index contributed by atoms with van der Waals surface area (Å²) in [7, 11) is -3.71. The molecule has 1 aliphatic rings. The zero-order valence-corrected chi connectivity index (χ0v) is 15.6. The number of sulfone groups is 1. The molecule has 6 nitrogen and oxygen atoms in total. The number of hydrogen-bond donors (Lipinski definition) is 1. The van der Waals surface area contributed by atoms with Gasteiger partial charge in [-0.1, -0.05) is 35.9 Å². The first-order valence-corrected chi connectivity index (χ1v) is 10.2. The fourth-order valence-corrected chi connectivity index (χ4v) is 4.24. The van der Waals surface area contributed by atoms with Gasteiger partial charge in [0.15, 0.2) is 9.84 Å². The van der Waals surface area contributed by atoms with Crippen molar-refractivity contribution in [3.63, 3.8) is 0 Å². The first-order chi connectivity index (χ1) is 12.5. The standard InChI is InChI=1S/C18H19ClN2O4S/c19-15-7-4-8-16(18(15)21-9-11-25-12-10-21)20-17(22)13-26(23,24)14-5-2-1-3-6-14/h1-8H,9-13H2,(H,20,22). The molecule has 1 N–H and O–H groups in total. The largest absolute Gasteiger partial charge is 0.378 e. The number of nitrogens with one attached hydrogen (secondary N) is 1. The van der Waals surface area contributed by atoms with Crippen molar-refractivity contribution in [1.29, 1.82) is 0 Å². The summed E-state index contributed by atoms with van der Waals surface area (Å²) in [4.78, 5) is 14.5. The van der Waals surface area contributed by atoms with Crippen molar-refractivity contribution in [2.75, 3.05) is 42.3 Å². The molecule has 1 heterocycles. The lowest BCUT2D eigenvalue weighted by atomic mass is 10.2. The van der Waals surface area contributed by atoms with E-state index in [2.05, 4.69) is 5.32 Å². The van der Waals surface area contributed by atoms with E-state index >= 15 is 0 Å². The minimum Gasteiger partial charge on any atom is -0.378 e. The van der Waals surface area contributed by atoms with Crippen molar-refractivity contribution < 1.29 is 17.9 Å². The average Bonchev–Trinajstić information content (AvgIpc) is 2.63. The third-order valence-electron chi connectivity index (χ3n) is 4.01. The van der Waals surface area contributed by atoms with E-state index in [0.29, 0.717) is 42.7 Å². The van der Waals surface area contributed by atoms with Gasteiger partial charge >= 0.3 is 0 Å². The van der Waals surface area contributed by atoms with Crippen LogP contribution in [-0.2, 0) is 19.4 Å². The predicted molar refractivity (Wildman–Crippen MR) is 102 cm³/mol. The van der Waals surface area contributed by atoms with Gasteiger partial charge in [-0.2, -0.15) is 0 Å². The van der Waals surface area contributed by atoms with Crippen LogP contribution in [0.15, 0.2) is 53.4 Å². The molecule has 8 heteroatoms. The third-order valence-corrected chi connectivity index (χ3v) is 5.95. The lowest BCUT2D eigenvalue weighted by Crippen LogP contribution is -2.37. The highest BCUT2D eigenvalue weighted by Crippen LogP contribution is 2.34. The molecule has 0 atom stereocenters. The first kappa shape index (κ1) is 18.7. The van der Waals surface area contributed by atoms with Crippen molar-refractivity contribution in [2.45, 2.75) is 4.90 Å². The monoisotopic (exact) mass is 394 g/mol. The number of carbonyl (C=O) groups excluding carboxylic acids is 1. The van der Waals surface area contributed by atoms with Gasteiger partial charge < -0.3 is 15.0 Å². The van der Waals surface area contributed by atoms with Gasteiger partial charge in [-0.3, -0.25) is 4.79 Å². The van der Waals surface area contributed by atoms with Gasteiger partial charge in [0.1, 0.15) is 5.75 Å². The number of rotatable bonds is 5.